The van der Waals surface area contributed by atoms with Crippen LogP contribution in [-0.4, -0.2) is 0 Å². The number of aryl methyl sites for hydroxylation is 1. The smallest absolute Gasteiger partial charge is 0.0443 e. The first kappa shape index (κ1) is 11.6. The summed E-state index contributed by atoms with van der Waals surface area (Å²) in [7, 11) is 0. The van der Waals surface area contributed by atoms with Crippen LogP contribution in [0.15, 0.2) is 18.2 Å². The Balaban J connectivity index is 2.92. The van der Waals surface area contributed by atoms with Crippen molar-refractivity contribution < 1.29 is 0 Å². The van der Waals surface area contributed by atoms with E-state index in [0.29, 0.717) is 5.92 Å². The zero-order valence-corrected chi connectivity index (χ0v) is 10.1. The Bertz CT molecular complexity index is 291. The van der Waals surface area contributed by atoms with E-state index in [1.807, 2.05) is 0 Å². The normalized spacial score (nSPS) is 12.9. The zero-order valence-electron chi connectivity index (χ0n) is 9.31. The minimum atomic E-state index is 0.632. The summed E-state index contributed by atoms with van der Waals surface area (Å²) in [5.74, 6) is 0.632. The number of rotatable bonds is 4. The molecule has 1 heteroatoms. The third kappa shape index (κ3) is 2.75. The van der Waals surface area contributed by atoms with Gasteiger partial charge in [0.15, 0.2) is 0 Å². The van der Waals surface area contributed by atoms with E-state index >= 15 is 0 Å². The van der Waals surface area contributed by atoms with Crippen LogP contribution in [0.2, 0.25) is 5.02 Å². The van der Waals surface area contributed by atoms with Gasteiger partial charge >= 0.3 is 0 Å². The molecule has 0 aromatic heterocycles. The fourth-order valence-electron chi connectivity index (χ4n) is 1.89. The lowest BCUT2D eigenvalue weighted by atomic mass is 9.91. The van der Waals surface area contributed by atoms with Gasteiger partial charge in [0.05, 0.1) is 0 Å². The van der Waals surface area contributed by atoms with Crippen molar-refractivity contribution in [3.63, 3.8) is 0 Å². The van der Waals surface area contributed by atoms with Crippen molar-refractivity contribution in [2.75, 3.05) is 0 Å². The molecule has 1 aromatic carbocycles. The van der Waals surface area contributed by atoms with Crippen molar-refractivity contribution in [3.05, 3.63) is 34.3 Å². The van der Waals surface area contributed by atoms with Crippen LogP contribution in [0.5, 0.6) is 0 Å². The summed E-state index contributed by atoms with van der Waals surface area (Å²) in [6.07, 6.45) is 3.64. The lowest BCUT2D eigenvalue weighted by Crippen LogP contribution is -1.98. The monoisotopic (exact) mass is 210 g/mol. The molecule has 0 fully saturated rings. The van der Waals surface area contributed by atoms with Crippen LogP contribution in [0.25, 0.3) is 0 Å². The molecule has 1 rings (SSSR count). The molecule has 1 atom stereocenters. The fourth-order valence-corrected chi connectivity index (χ4v) is 2.28. The van der Waals surface area contributed by atoms with Gasteiger partial charge in [0, 0.05) is 5.02 Å². The summed E-state index contributed by atoms with van der Waals surface area (Å²) in [4.78, 5) is 0. The maximum absolute atomic E-state index is 6.24. The lowest BCUT2D eigenvalue weighted by Gasteiger charge is -2.16. The summed E-state index contributed by atoms with van der Waals surface area (Å²) in [6, 6.07) is 6.40. The molecule has 0 aliphatic carbocycles. The lowest BCUT2D eigenvalue weighted by molar-refractivity contribution is 0.596. The van der Waals surface area contributed by atoms with Gasteiger partial charge in [-0.2, -0.15) is 0 Å². The van der Waals surface area contributed by atoms with Gasteiger partial charge in [-0.15, -0.1) is 0 Å². The Morgan fingerprint density at radius 2 is 2.00 bits per heavy atom. The molecule has 0 nitrogen and oxygen atoms in total. The highest BCUT2D eigenvalue weighted by atomic mass is 35.5. The molecule has 14 heavy (non-hydrogen) atoms. The topological polar surface area (TPSA) is 0 Å². The van der Waals surface area contributed by atoms with Crippen LogP contribution in [0.4, 0.5) is 0 Å². The van der Waals surface area contributed by atoms with E-state index in [1.165, 1.54) is 30.4 Å². The van der Waals surface area contributed by atoms with Gasteiger partial charge in [-0.25, -0.2) is 0 Å². The molecule has 0 amide bonds. The van der Waals surface area contributed by atoms with Crippen LogP contribution in [0, 0.1) is 6.92 Å². The molecule has 0 N–H and O–H groups in total. The maximum Gasteiger partial charge on any atom is 0.0443 e. The molecule has 1 unspecified atom stereocenters. The van der Waals surface area contributed by atoms with Gasteiger partial charge in [-0.1, -0.05) is 44.0 Å². The van der Waals surface area contributed by atoms with E-state index in [4.69, 9.17) is 11.6 Å². The molecule has 0 saturated heterocycles. The largest absolute Gasteiger partial charge is 0.0840 e. The Hall–Kier alpha value is -0.490. The van der Waals surface area contributed by atoms with Crippen molar-refractivity contribution in [2.45, 2.75) is 46.0 Å². The number of halogens is 1. The van der Waals surface area contributed by atoms with E-state index in [1.54, 1.807) is 0 Å². The molecule has 1 aromatic rings. The highest BCUT2D eigenvalue weighted by molar-refractivity contribution is 6.31. The second-order valence-corrected chi connectivity index (χ2v) is 4.33. The molecule has 0 spiro atoms. The highest BCUT2D eigenvalue weighted by Gasteiger charge is 2.11. The summed E-state index contributed by atoms with van der Waals surface area (Å²) < 4.78 is 0. The highest BCUT2D eigenvalue weighted by Crippen LogP contribution is 2.31. The molecule has 78 valence electrons. The third-order valence-corrected chi connectivity index (χ3v) is 3.05. The summed E-state index contributed by atoms with van der Waals surface area (Å²) in [5, 5.41) is 0.935. The third-order valence-electron chi connectivity index (χ3n) is 2.73. The molecule has 0 saturated carbocycles. The SMILES string of the molecule is CCCC(CC)c1ccc(C)cc1Cl. The predicted molar refractivity (Wildman–Crippen MR) is 64.1 cm³/mol. The van der Waals surface area contributed by atoms with E-state index < -0.39 is 0 Å². The van der Waals surface area contributed by atoms with Crippen LogP contribution >= 0.6 is 11.6 Å². The van der Waals surface area contributed by atoms with Crippen LogP contribution in [-0.2, 0) is 0 Å². The first-order chi connectivity index (χ1) is 6.69. The van der Waals surface area contributed by atoms with Crippen LogP contribution in [0.1, 0.15) is 50.2 Å². The van der Waals surface area contributed by atoms with Gasteiger partial charge in [0.25, 0.3) is 0 Å². The molecular formula is C13H19Cl. The van der Waals surface area contributed by atoms with Crippen molar-refractivity contribution in [2.24, 2.45) is 0 Å². The Morgan fingerprint density at radius 1 is 1.29 bits per heavy atom. The zero-order chi connectivity index (χ0) is 10.6. The quantitative estimate of drug-likeness (QED) is 0.660. The standard InChI is InChI=1S/C13H19Cl/c1-4-6-11(5-2)12-8-7-10(3)9-13(12)14/h7-9,11H,4-6H2,1-3H3. The number of hydrogen-bond acceptors (Lipinski definition) is 0. The number of hydrogen-bond donors (Lipinski definition) is 0. The summed E-state index contributed by atoms with van der Waals surface area (Å²) in [6.45, 7) is 6.54. The van der Waals surface area contributed by atoms with Crippen LogP contribution in [0.3, 0.4) is 0 Å². The fraction of sp³-hybridized carbons (Fsp3) is 0.538. The Morgan fingerprint density at radius 3 is 2.50 bits per heavy atom. The van der Waals surface area contributed by atoms with Gasteiger partial charge in [-0.05, 0) is 42.9 Å². The van der Waals surface area contributed by atoms with Gasteiger partial charge in [-0.3, -0.25) is 0 Å². The van der Waals surface area contributed by atoms with Crippen molar-refractivity contribution >= 4 is 11.6 Å². The molecule has 0 radical (unpaired) electrons. The number of benzene rings is 1. The van der Waals surface area contributed by atoms with Gasteiger partial charge in [0.1, 0.15) is 0 Å². The molecule has 0 aliphatic rings. The minimum absolute atomic E-state index is 0.632. The summed E-state index contributed by atoms with van der Waals surface area (Å²) in [5.41, 5.74) is 2.56. The summed E-state index contributed by atoms with van der Waals surface area (Å²) >= 11 is 6.24. The Labute approximate surface area is 92.3 Å². The van der Waals surface area contributed by atoms with E-state index in [9.17, 15) is 0 Å². The average Bonchev–Trinajstić information content (AvgIpc) is 2.15. The molecule has 0 heterocycles. The second-order valence-electron chi connectivity index (χ2n) is 3.92. The molecular weight excluding hydrogens is 192 g/mol. The maximum atomic E-state index is 6.24. The van der Waals surface area contributed by atoms with Crippen molar-refractivity contribution in [1.29, 1.82) is 0 Å². The van der Waals surface area contributed by atoms with Crippen LogP contribution < -0.4 is 0 Å². The molecule has 0 aliphatic heterocycles. The Kier molecular flexibility index (Phi) is 4.47. The van der Waals surface area contributed by atoms with Crippen molar-refractivity contribution in [3.8, 4) is 0 Å². The minimum Gasteiger partial charge on any atom is -0.0840 e. The predicted octanol–water partition coefficient (Wildman–Crippen LogP) is 4.94. The van der Waals surface area contributed by atoms with Crippen molar-refractivity contribution in [1.82, 2.24) is 0 Å². The molecule has 0 bridgehead atoms. The van der Waals surface area contributed by atoms with Gasteiger partial charge in [0.2, 0.25) is 0 Å². The van der Waals surface area contributed by atoms with E-state index in [2.05, 4.69) is 39.0 Å². The van der Waals surface area contributed by atoms with E-state index in [-0.39, 0.29) is 0 Å². The van der Waals surface area contributed by atoms with Gasteiger partial charge < -0.3 is 0 Å². The first-order valence-electron chi connectivity index (χ1n) is 5.45. The average molecular weight is 211 g/mol. The first-order valence-corrected chi connectivity index (χ1v) is 5.82. The second kappa shape index (κ2) is 5.41. The van der Waals surface area contributed by atoms with E-state index in [0.717, 1.165) is 5.02 Å².